The van der Waals surface area contributed by atoms with E-state index in [9.17, 15) is 9.18 Å². The highest BCUT2D eigenvalue weighted by molar-refractivity contribution is 6.05. The van der Waals surface area contributed by atoms with E-state index in [1.54, 1.807) is 24.5 Å². The van der Waals surface area contributed by atoms with Gasteiger partial charge in [0.25, 0.3) is 0 Å². The summed E-state index contributed by atoms with van der Waals surface area (Å²) in [6.07, 6.45) is 3.22. The van der Waals surface area contributed by atoms with Gasteiger partial charge in [0, 0.05) is 34.3 Å². The molecule has 0 aliphatic heterocycles. The van der Waals surface area contributed by atoms with Crippen LogP contribution in [0.3, 0.4) is 0 Å². The summed E-state index contributed by atoms with van der Waals surface area (Å²) >= 11 is 0. The monoisotopic (exact) mass is 443 g/mol. The molecule has 4 nitrogen and oxygen atoms in total. The maximum atomic E-state index is 13.4. The molecule has 3 aromatic carbocycles. The van der Waals surface area contributed by atoms with E-state index < -0.39 is 0 Å². The number of benzene rings is 3. The highest BCUT2D eigenvalue weighted by Gasteiger charge is 2.15. The zero-order valence-corrected chi connectivity index (χ0v) is 19.2. The number of halogens is 1. The molecule has 0 atom stereocenters. The third kappa shape index (κ3) is 4.98. The molecular formula is C28H26FNO3. The number of carbonyl (C=O) groups is 1. The fourth-order valence-electron chi connectivity index (χ4n) is 3.99. The smallest absolute Gasteiger partial charge is 0.248 e. The predicted molar refractivity (Wildman–Crippen MR) is 131 cm³/mol. The number of amides is 1. The van der Waals surface area contributed by atoms with Crippen molar-refractivity contribution in [3.8, 4) is 16.9 Å². The van der Waals surface area contributed by atoms with E-state index in [-0.39, 0.29) is 11.7 Å². The molecule has 5 heteroatoms. The van der Waals surface area contributed by atoms with E-state index in [1.165, 1.54) is 12.1 Å². The van der Waals surface area contributed by atoms with Crippen molar-refractivity contribution in [2.24, 2.45) is 0 Å². The summed E-state index contributed by atoms with van der Waals surface area (Å²) in [5.41, 5.74) is 6.84. The van der Waals surface area contributed by atoms with Crippen molar-refractivity contribution in [1.82, 2.24) is 0 Å². The van der Waals surface area contributed by atoms with Crippen LogP contribution >= 0.6 is 0 Å². The molecule has 33 heavy (non-hydrogen) atoms. The second-order valence-electron chi connectivity index (χ2n) is 8.13. The second-order valence-corrected chi connectivity index (χ2v) is 8.13. The SMILES string of the molecule is CCOc1cc2occ(-c3ccc(F)cc3)c2cc1/C(C)=C/C(=O)Nc1cc(C)cc(C)c1. The minimum absolute atomic E-state index is 0.217. The zero-order valence-electron chi connectivity index (χ0n) is 19.2. The van der Waals surface area contributed by atoms with Crippen LogP contribution in [-0.2, 0) is 4.79 Å². The second kappa shape index (κ2) is 9.33. The quantitative estimate of drug-likeness (QED) is 0.318. The molecule has 1 aromatic heterocycles. The van der Waals surface area contributed by atoms with Crippen LogP contribution in [0.2, 0.25) is 0 Å². The number of fused-ring (bicyclic) bond motifs is 1. The summed E-state index contributed by atoms with van der Waals surface area (Å²) < 4.78 is 25.0. The molecule has 4 aromatic rings. The topological polar surface area (TPSA) is 51.5 Å². The van der Waals surface area contributed by atoms with Crippen molar-refractivity contribution < 1.29 is 18.3 Å². The maximum Gasteiger partial charge on any atom is 0.248 e. The zero-order chi connectivity index (χ0) is 23.5. The average molecular weight is 444 g/mol. The molecule has 0 spiro atoms. The Kier molecular flexibility index (Phi) is 6.31. The van der Waals surface area contributed by atoms with Crippen LogP contribution < -0.4 is 10.1 Å². The number of carbonyl (C=O) groups excluding carboxylic acids is 1. The van der Waals surface area contributed by atoms with Gasteiger partial charge < -0.3 is 14.5 Å². The third-order valence-electron chi connectivity index (χ3n) is 5.39. The van der Waals surface area contributed by atoms with Crippen LogP contribution in [0.5, 0.6) is 5.75 Å². The summed E-state index contributed by atoms with van der Waals surface area (Å²) in [6.45, 7) is 8.26. The van der Waals surface area contributed by atoms with Crippen LogP contribution in [0.25, 0.3) is 27.7 Å². The molecule has 4 rings (SSSR count). The molecule has 0 saturated heterocycles. The fraction of sp³-hybridized carbons (Fsp3) is 0.179. The third-order valence-corrected chi connectivity index (χ3v) is 5.39. The molecule has 0 unspecified atom stereocenters. The Morgan fingerprint density at radius 3 is 2.42 bits per heavy atom. The average Bonchev–Trinajstić information content (AvgIpc) is 3.16. The van der Waals surface area contributed by atoms with Gasteiger partial charge in [-0.2, -0.15) is 0 Å². The Morgan fingerprint density at radius 1 is 1.06 bits per heavy atom. The van der Waals surface area contributed by atoms with E-state index >= 15 is 0 Å². The van der Waals surface area contributed by atoms with Gasteiger partial charge in [0.1, 0.15) is 17.1 Å². The molecular weight excluding hydrogens is 417 g/mol. The fourth-order valence-corrected chi connectivity index (χ4v) is 3.99. The van der Waals surface area contributed by atoms with Gasteiger partial charge in [-0.3, -0.25) is 4.79 Å². The van der Waals surface area contributed by atoms with Gasteiger partial charge >= 0.3 is 0 Å². The van der Waals surface area contributed by atoms with Crippen molar-refractivity contribution in [2.45, 2.75) is 27.7 Å². The largest absolute Gasteiger partial charge is 0.493 e. The van der Waals surface area contributed by atoms with Crippen LogP contribution in [0.15, 0.2) is 71.4 Å². The Balaban J connectivity index is 1.72. The van der Waals surface area contributed by atoms with E-state index in [0.717, 1.165) is 44.5 Å². The molecule has 0 bridgehead atoms. The van der Waals surface area contributed by atoms with E-state index in [1.807, 2.05) is 52.0 Å². The first-order valence-corrected chi connectivity index (χ1v) is 10.9. The summed E-state index contributed by atoms with van der Waals surface area (Å²) in [4.78, 5) is 12.7. The molecule has 1 heterocycles. The predicted octanol–water partition coefficient (Wildman–Crippen LogP) is 7.30. The number of hydrogen-bond acceptors (Lipinski definition) is 3. The lowest BCUT2D eigenvalue weighted by Crippen LogP contribution is -2.09. The number of furan rings is 1. The highest BCUT2D eigenvalue weighted by Crippen LogP contribution is 2.37. The van der Waals surface area contributed by atoms with Gasteiger partial charge in [-0.05, 0) is 80.3 Å². The number of ether oxygens (including phenoxy) is 1. The first-order valence-electron chi connectivity index (χ1n) is 10.9. The van der Waals surface area contributed by atoms with Gasteiger partial charge in [-0.25, -0.2) is 4.39 Å². The van der Waals surface area contributed by atoms with E-state index in [4.69, 9.17) is 9.15 Å². The minimum atomic E-state index is -0.292. The van der Waals surface area contributed by atoms with E-state index in [0.29, 0.717) is 17.9 Å². The van der Waals surface area contributed by atoms with Crippen LogP contribution in [0.1, 0.15) is 30.5 Å². The molecule has 1 N–H and O–H groups in total. The molecule has 1 amide bonds. The molecule has 0 saturated carbocycles. The summed E-state index contributed by atoms with van der Waals surface area (Å²) in [5, 5.41) is 3.80. The van der Waals surface area contributed by atoms with Gasteiger partial charge in [-0.15, -0.1) is 0 Å². The van der Waals surface area contributed by atoms with Crippen molar-refractivity contribution in [3.63, 3.8) is 0 Å². The lowest BCUT2D eigenvalue weighted by molar-refractivity contribution is -0.111. The summed E-state index contributed by atoms with van der Waals surface area (Å²) in [6, 6.07) is 16.0. The highest BCUT2D eigenvalue weighted by atomic mass is 19.1. The molecule has 0 aliphatic rings. The lowest BCUT2D eigenvalue weighted by Gasteiger charge is -2.12. The number of anilines is 1. The number of rotatable bonds is 6. The minimum Gasteiger partial charge on any atom is -0.493 e. The Morgan fingerprint density at radius 2 is 1.76 bits per heavy atom. The van der Waals surface area contributed by atoms with Crippen molar-refractivity contribution in [2.75, 3.05) is 11.9 Å². The Labute approximate surface area is 192 Å². The van der Waals surface area contributed by atoms with Gasteiger partial charge in [-0.1, -0.05) is 18.2 Å². The maximum absolute atomic E-state index is 13.4. The first-order chi connectivity index (χ1) is 15.8. The van der Waals surface area contributed by atoms with Crippen molar-refractivity contribution in [1.29, 1.82) is 0 Å². The molecule has 0 aliphatic carbocycles. The van der Waals surface area contributed by atoms with Gasteiger partial charge in [0.05, 0.1) is 12.9 Å². The van der Waals surface area contributed by atoms with Gasteiger partial charge in [0.2, 0.25) is 5.91 Å². The van der Waals surface area contributed by atoms with Crippen molar-refractivity contribution >= 4 is 28.1 Å². The standard InChI is InChI=1S/C28H26FNO3/c1-5-32-26-15-27-24(25(16-33-27)20-6-8-21(29)9-7-20)14-23(26)19(4)13-28(31)30-22-11-17(2)10-18(3)12-22/h6-16H,5H2,1-4H3,(H,30,31)/b19-13+. The Hall–Kier alpha value is -3.86. The van der Waals surface area contributed by atoms with Crippen LogP contribution in [-0.4, -0.2) is 12.5 Å². The van der Waals surface area contributed by atoms with Crippen LogP contribution in [0.4, 0.5) is 10.1 Å². The first kappa shape index (κ1) is 22.3. The lowest BCUT2D eigenvalue weighted by atomic mass is 9.99. The number of allylic oxidation sites excluding steroid dienone is 1. The Bertz CT molecular complexity index is 1330. The number of hydrogen-bond donors (Lipinski definition) is 1. The number of aryl methyl sites for hydroxylation is 2. The molecule has 168 valence electrons. The molecule has 0 radical (unpaired) electrons. The van der Waals surface area contributed by atoms with Crippen LogP contribution in [0, 0.1) is 19.7 Å². The van der Waals surface area contributed by atoms with Gasteiger partial charge in [0.15, 0.2) is 0 Å². The summed E-state index contributed by atoms with van der Waals surface area (Å²) in [5.74, 6) is 0.128. The molecule has 0 fully saturated rings. The number of nitrogens with one attached hydrogen (secondary N) is 1. The normalized spacial score (nSPS) is 11.6. The van der Waals surface area contributed by atoms with E-state index in [2.05, 4.69) is 11.4 Å². The van der Waals surface area contributed by atoms with Crippen molar-refractivity contribution in [3.05, 3.63) is 89.4 Å². The summed E-state index contributed by atoms with van der Waals surface area (Å²) in [7, 11) is 0.